The van der Waals surface area contributed by atoms with E-state index in [4.69, 9.17) is 11.2 Å². The van der Waals surface area contributed by atoms with Crippen LogP contribution in [0, 0.1) is 19.3 Å². The van der Waals surface area contributed by atoms with E-state index in [9.17, 15) is 14.4 Å². The molecule has 1 aliphatic rings. The lowest BCUT2D eigenvalue weighted by Crippen LogP contribution is -2.38. The molecule has 9 heteroatoms. The van der Waals surface area contributed by atoms with E-state index < -0.39 is 24.4 Å². The number of nitrogens with zero attached hydrogens (tertiary/aromatic N) is 1. The fraction of sp³-hybridized carbons (Fsp3) is 0.136. The van der Waals surface area contributed by atoms with Gasteiger partial charge < -0.3 is 15.4 Å². The van der Waals surface area contributed by atoms with E-state index in [2.05, 4.69) is 48.4 Å². The molecule has 2 N–H and O–H groups in total. The van der Waals surface area contributed by atoms with Crippen LogP contribution in [0.3, 0.4) is 0 Å². The van der Waals surface area contributed by atoms with Gasteiger partial charge in [-0.2, -0.15) is 0 Å². The predicted molar refractivity (Wildman–Crippen MR) is 124 cm³/mol. The van der Waals surface area contributed by atoms with E-state index in [-0.39, 0.29) is 12.3 Å². The van der Waals surface area contributed by atoms with Gasteiger partial charge in [0.25, 0.3) is 5.91 Å². The van der Waals surface area contributed by atoms with E-state index in [0.29, 0.717) is 25.9 Å². The summed E-state index contributed by atoms with van der Waals surface area (Å²) in [6.45, 7) is 1.60. The van der Waals surface area contributed by atoms with Gasteiger partial charge >= 0.3 is 6.03 Å². The second-order valence-electron chi connectivity index (χ2n) is 6.60. The molecule has 0 spiro atoms. The maximum absolute atomic E-state index is 12.7. The number of nitrogens with one attached hydrogen (secondary N) is 2. The minimum Gasteiger partial charge on any atom is -0.479 e. The molecule has 1 fully saturated rings. The van der Waals surface area contributed by atoms with Gasteiger partial charge in [-0.1, -0.05) is 18.1 Å². The summed E-state index contributed by atoms with van der Waals surface area (Å²) in [6.07, 6.45) is 6.73. The minimum absolute atomic E-state index is 0.0597. The number of hydrogen-bond acceptors (Lipinski definition) is 4. The number of terminal acetylenes is 1. The number of carbonyl (C=O) groups excluding carboxylic acids is 3. The van der Waals surface area contributed by atoms with Crippen LogP contribution < -0.4 is 15.4 Å². The number of amides is 4. The molecule has 0 unspecified atom stereocenters. The SMILES string of the molecule is C#CCOc1c(Br)cc(/C=C2/NC(=O)N(CC(=O)Nc3cccc(C)c3)C2=O)cc1Br. The summed E-state index contributed by atoms with van der Waals surface area (Å²) in [7, 11) is 0. The van der Waals surface area contributed by atoms with Gasteiger partial charge in [0.15, 0.2) is 0 Å². The first kappa shape index (κ1) is 22.6. The molecule has 1 aliphatic heterocycles. The Morgan fingerprint density at radius 2 is 1.97 bits per heavy atom. The molecule has 0 aromatic heterocycles. The summed E-state index contributed by atoms with van der Waals surface area (Å²) >= 11 is 6.79. The van der Waals surface area contributed by atoms with Crippen LogP contribution in [-0.4, -0.2) is 35.9 Å². The summed E-state index contributed by atoms with van der Waals surface area (Å²) in [5.74, 6) is 1.84. The summed E-state index contributed by atoms with van der Waals surface area (Å²) in [6, 6.07) is 10.00. The van der Waals surface area contributed by atoms with Crippen LogP contribution >= 0.6 is 31.9 Å². The van der Waals surface area contributed by atoms with Crippen molar-refractivity contribution in [2.75, 3.05) is 18.5 Å². The van der Waals surface area contributed by atoms with Crippen LogP contribution in [0.4, 0.5) is 10.5 Å². The highest BCUT2D eigenvalue weighted by Gasteiger charge is 2.35. The van der Waals surface area contributed by atoms with E-state index in [1.807, 2.05) is 13.0 Å². The number of benzene rings is 2. The van der Waals surface area contributed by atoms with Crippen molar-refractivity contribution in [3.05, 3.63) is 62.2 Å². The van der Waals surface area contributed by atoms with E-state index in [0.717, 1.165) is 10.5 Å². The fourth-order valence-corrected chi connectivity index (χ4v) is 4.31. The van der Waals surface area contributed by atoms with Crippen molar-refractivity contribution in [3.63, 3.8) is 0 Å². The molecule has 7 nitrogen and oxygen atoms in total. The number of hydrogen-bond donors (Lipinski definition) is 2. The summed E-state index contributed by atoms with van der Waals surface area (Å²) < 4.78 is 6.70. The maximum Gasteiger partial charge on any atom is 0.329 e. The van der Waals surface area contributed by atoms with Gasteiger partial charge in [0.1, 0.15) is 24.6 Å². The molecule has 0 bridgehead atoms. The number of aryl methyl sites for hydroxylation is 1. The van der Waals surface area contributed by atoms with E-state index in [1.165, 1.54) is 6.08 Å². The molecule has 4 amide bonds. The standard InChI is InChI=1S/C22H17Br2N3O4/c1-3-7-31-20-16(23)9-14(10-17(20)24)11-18-21(29)27(22(30)26-18)12-19(28)25-15-6-4-5-13(2)8-15/h1,4-6,8-11H,7,12H2,2H3,(H,25,28)(H,26,30)/b18-11+. The van der Waals surface area contributed by atoms with Crippen LogP contribution in [0.1, 0.15) is 11.1 Å². The zero-order valence-electron chi connectivity index (χ0n) is 16.4. The highest BCUT2D eigenvalue weighted by atomic mass is 79.9. The highest BCUT2D eigenvalue weighted by molar-refractivity contribution is 9.11. The number of ether oxygens (including phenoxy) is 1. The minimum atomic E-state index is -0.664. The van der Waals surface area contributed by atoms with Crippen molar-refractivity contribution in [3.8, 4) is 18.1 Å². The molecule has 158 valence electrons. The lowest BCUT2D eigenvalue weighted by atomic mass is 10.2. The van der Waals surface area contributed by atoms with E-state index >= 15 is 0 Å². The van der Waals surface area contributed by atoms with Crippen LogP contribution in [0.15, 0.2) is 51.0 Å². The molecular weight excluding hydrogens is 530 g/mol. The maximum atomic E-state index is 12.7. The zero-order chi connectivity index (χ0) is 22.5. The summed E-state index contributed by atoms with van der Waals surface area (Å²) in [4.78, 5) is 38.1. The fourth-order valence-electron chi connectivity index (χ4n) is 2.86. The van der Waals surface area contributed by atoms with Crippen LogP contribution in [0.2, 0.25) is 0 Å². The van der Waals surface area contributed by atoms with Gasteiger partial charge in [0.2, 0.25) is 5.91 Å². The molecule has 1 heterocycles. The Hall–Kier alpha value is -3.09. The largest absolute Gasteiger partial charge is 0.479 e. The normalized spacial score (nSPS) is 14.4. The van der Waals surface area contributed by atoms with Crippen LogP contribution in [-0.2, 0) is 9.59 Å². The number of carbonyl (C=O) groups is 3. The third kappa shape index (κ3) is 5.54. The molecular formula is C22H17Br2N3O4. The quantitative estimate of drug-likeness (QED) is 0.325. The zero-order valence-corrected chi connectivity index (χ0v) is 19.5. The van der Waals surface area contributed by atoms with Gasteiger partial charge in [-0.15, -0.1) is 6.42 Å². The van der Waals surface area contributed by atoms with Crippen molar-refractivity contribution < 1.29 is 19.1 Å². The second kappa shape index (κ2) is 9.81. The Kier molecular flexibility index (Phi) is 7.15. The Morgan fingerprint density at radius 1 is 1.26 bits per heavy atom. The third-order valence-corrected chi connectivity index (χ3v) is 5.38. The van der Waals surface area contributed by atoms with Crippen molar-refractivity contribution in [1.82, 2.24) is 10.2 Å². The predicted octanol–water partition coefficient (Wildman–Crippen LogP) is 4.06. The molecule has 31 heavy (non-hydrogen) atoms. The molecule has 0 radical (unpaired) electrons. The van der Waals surface area contributed by atoms with Gasteiger partial charge in [0.05, 0.1) is 8.95 Å². The van der Waals surface area contributed by atoms with Crippen molar-refractivity contribution >= 4 is 61.5 Å². The Balaban J connectivity index is 1.73. The van der Waals surface area contributed by atoms with Crippen molar-refractivity contribution in [1.29, 1.82) is 0 Å². The number of rotatable bonds is 6. The molecule has 0 aliphatic carbocycles. The van der Waals surface area contributed by atoms with Crippen LogP contribution in [0.5, 0.6) is 5.75 Å². The molecule has 0 atom stereocenters. The molecule has 3 rings (SSSR count). The summed E-state index contributed by atoms with van der Waals surface area (Å²) in [5.41, 5.74) is 2.26. The number of halogens is 2. The average Bonchev–Trinajstić information content (AvgIpc) is 2.95. The Bertz CT molecular complexity index is 1110. The third-order valence-electron chi connectivity index (χ3n) is 4.20. The number of urea groups is 1. The lowest BCUT2D eigenvalue weighted by molar-refractivity contribution is -0.127. The number of anilines is 1. The molecule has 2 aromatic rings. The second-order valence-corrected chi connectivity index (χ2v) is 8.31. The van der Waals surface area contributed by atoms with E-state index in [1.54, 1.807) is 30.3 Å². The Labute approximate surface area is 196 Å². The smallest absolute Gasteiger partial charge is 0.329 e. The van der Waals surface area contributed by atoms with Crippen molar-refractivity contribution in [2.24, 2.45) is 0 Å². The topological polar surface area (TPSA) is 87.7 Å². The first-order valence-corrected chi connectivity index (χ1v) is 10.6. The lowest BCUT2D eigenvalue weighted by Gasteiger charge is -2.12. The molecule has 1 saturated heterocycles. The first-order valence-electron chi connectivity index (χ1n) is 9.05. The number of imide groups is 1. The first-order chi connectivity index (χ1) is 14.8. The summed E-state index contributed by atoms with van der Waals surface area (Å²) in [5, 5.41) is 5.18. The average molecular weight is 547 g/mol. The van der Waals surface area contributed by atoms with Crippen molar-refractivity contribution in [2.45, 2.75) is 6.92 Å². The van der Waals surface area contributed by atoms with Gasteiger partial charge in [-0.25, -0.2) is 9.69 Å². The highest BCUT2D eigenvalue weighted by Crippen LogP contribution is 2.35. The van der Waals surface area contributed by atoms with Gasteiger partial charge in [0, 0.05) is 5.69 Å². The van der Waals surface area contributed by atoms with Crippen LogP contribution in [0.25, 0.3) is 6.08 Å². The van der Waals surface area contributed by atoms with Gasteiger partial charge in [-0.3, -0.25) is 9.59 Å². The molecule has 2 aromatic carbocycles. The Morgan fingerprint density at radius 3 is 2.61 bits per heavy atom. The van der Waals surface area contributed by atoms with Gasteiger partial charge in [-0.05, 0) is 80.3 Å². The monoisotopic (exact) mass is 545 g/mol. The molecule has 0 saturated carbocycles.